The number of imide groups is 1. The largest absolute Gasteiger partial charge is 0.443 e. The SMILES string of the molecule is CC(C)(C)OC(=O)N1C(=O)[C@](Cc2ccccc2)(Sc2ccccc2)c2cccc(F)c21. The molecule has 0 unspecified atom stereocenters. The lowest BCUT2D eigenvalue weighted by Crippen LogP contribution is -2.45. The molecule has 2 amide bonds. The third-order valence-corrected chi connectivity index (χ3v) is 6.50. The summed E-state index contributed by atoms with van der Waals surface area (Å²) in [5.74, 6) is -1.14. The van der Waals surface area contributed by atoms with Crippen LogP contribution in [-0.2, 0) is 20.7 Å². The second-order valence-corrected chi connectivity index (χ2v) is 10.0. The normalized spacial score (nSPS) is 17.9. The van der Waals surface area contributed by atoms with Crippen molar-refractivity contribution in [2.24, 2.45) is 0 Å². The first-order chi connectivity index (χ1) is 15.2. The van der Waals surface area contributed by atoms with Gasteiger partial charge in [-0.3, -0.25) is 4.79 Å². The Bertz CT molecular complexity index is 1100. The van der Waals surface area contributed by atoms with Gasteiger partial charge in [0.2, 0.25) is 0 Å². The number of benzene rings is 3. The van der Waals surface area contributed by atoms with E-state index in [1.807, 2.05) is 60.7 Å². The van der Waals surface area contributed by atoms with Crippen LogP contribution in [0.1, 0.15) is 31.9 Å². The van der Waals surface area contributed by atoms with Crippen LogP contribution in [0.3, 0.4) is 0 Å². The van der Waals surface area contributed by atoms with Gasteiger partial charge >= 0.3 is 6.09 Å². The third-order valence-electron chi connectivity index (χ3n) is 5.10. The molecule has 4 nitrogen and oxygen atoms in total. The van der Waals surface area contributed by atoms with Gasteiger partial charge < -0.3 is 4.74 Å². The van der Waals surface area contributed by atoms with Gasteiger partial charge in [0, 0.05) is 16.9 Å². The van der Waals surface area contributed by atoms with Crippen LogP contribution >= 0.6 is 11.8 Å². The number of rotatable bonds is 4. The minimum absolute atomic E-state index is 0.0360. The van der Waals surface area contributed by atoms with Gasteiger partial charge in [-0.15, -0.1) is 11.8 Å². The van der Waals surface area contributed by atoms with Crippen LogP contribution in [0.2, 0.25) is 0 Å². The highest BCUT2D eigenvalue weighted by molar-refractivity contribution is 8.01. The van der Waals surface area contributed by atoms with Crippen molar-refractivity contribution in [1.29, 1.82) is 0 Å². The lowest BCUT2D eigenvalue weighted by molar-refractivity contribution is -0.120. The molecule has 164 valence electrons. The van der Waals surface area contributed by atoms with E-state index in [0.717, 1.165) is 15.4 Å². The minimum atomic E-state index is -1.23. The van der Waals surface area contributed by atoms with E-state index in [1.54, 1.807) is 32.9 Å². The number of nitrogens with zero attached hydrogens (tertiary/aromatic N) is 1. The van der Waals surface area contributed by atoms with E-state index in [0.29, 0.717) is 12.0 Å². The number of carbonyl (C=O) groups is 2. The summed E-state index contributed by atoms with van der Waals surface area (Å²) < 4.78 is 19.4. The minimum Gasteiger partial charge on any atom is -0.443 e. The number of ether oxygens (including phenoxy) is 1. The maximum atomic E-state index is 15.1. The van der Waals surface area contributed by atoms with E-state index < -0.39 is 28.2 Å². The summed E-state index contributed by atoms with van der Waals surface area (Å²) >= 11 is 1.33. The van der Waals surface area contributed by atoms with Crippen LogP contribution in [-0.4, -0.2) is 17.6 Å². The van der Waals surface area contributed by atoms with Crippen molar-refractivity contribution in [3.63, 3.8) is 0 Å². The summed E-state index contributed by atoms with van der Waals surface area (Å²) in [5, 5.41) is 0. The molecule has 0 saturated heterocycles. The summed E-state index contributed by atoms with van der Waals surface area (Å²) in [5.41, 5.74) is 0.503. The Morgan fingerprint density at radius 3 is 2.22 bits per heavy atom. The number of halogens is 1. The highest BCUT2D eigenvalue weighted by atomic mass is 32.2. The van der Waals surface area contributed by atoms with Crippen molar-refractivity contribution >= 4 is 29.4 Å². The summed E-state index contributed by atoms with van der Waals surface area (Å²) in [4.78, 5) is 28.8. The first kappa shape index (κ1) is 22.1. The van der Waals surface area contributed by atoms with Gasteiger partial charge in [-0.1, -0.05) is 60.7 Å². The highest BCUT2D eigenvalue weighted by Crippen LogP contribution is 2.54. The molecule has 0 radical (unpaired) electrons. The second-order valence-electron chi connectivity index (χ2n) is 8.66. The van der Waals surface area contributed by atoms with Gasteiger partial charge in [0.1, 0.15) is 16.2 Å². The van der Waals surface area contributed by atoms with Gasteiger partial charge in [-0.05, 0) is 44.5 Å². The van der Waals surface area contributed by atoms with Crippen molar-refractivity contribution in [3.05, 3.63) is 95.8 Å². The number of amides is 2. The standard InChI is InChI=1S/C26H24FNO3S/c1-25(2,3)31-24(30)28-22-20(15-10-16-21(22)27)26(23(28)29,17-18-11-6-4-7-12-18)32-19-13-8-5-9-14-19/h4-16H,17H2,1-3H3/t26-/m1/s1. The maximum absolute atomic E-state index is 15.1. The predicted molar refractivity (Wildman–Crippen MR) is 124 cm³/mol. The van der Waals surface area contributed by atoms with Gasteiger partial charge in [0.15, 0.2) is 0 Å². The lowest BCUT2D eigenvalue weighted by atomic mass is 9.92. The number of hydrogen-bond donors (Lipinski definition) is 0. The Balaban J connectivity index is 1.89. The number of hydrogen-bond acceptors (Lipinski definition) is 4. The zero-order valence-corrected chi connectivity index (χ0v) is 19.0. The zero-order chi connectivity index (χ0) is 22.9. The molecular weight excluding hydrogens is 425 g/mol. The van der Waals surface area contributed by atoms with Gasteiger partial charge in [0.05, 0.1) is 5.69 Å². The Morgan fingerprint density at radius 1 is 0.969 bits per heavy atom. The predicted octanol–water partition coefficient (Wildman–Crippen LogP) is 6.34. The fraction of sp³-hybridized carbons (Fsp3) is 0.231. The number of para-hydroxylation sites is 1. The molecule has 0 spiro atoms. The molecule has 6 heteroatoms. The van der Waals surface area contributed by atoms with Crippen LogP contribution in [0.15, 0.2) is 83.8 Å². The average molecular weight is 450 g/mol. The molecule has 0 bridgehead atoms. The Hall–Kier alpha value is -3.12. The van der Waals surface area contributed by atoms with Crippen LogP contribution in [0, 0.1) is 5.82 Å². The molecule has 1 aliphatic rings. The molecule has 1 atom stereocenters. The number of fused-ring (bicyclic) bond motifs is 1. The topological polar surface area (TPSA) is 46.6 Å². The van der Waals surface area contributed by atoms with E-state index in [1.165, 1.54) is 17.8 Å². The number of thioether (sulfide) groups is 1. The number of anilines is 1. The third kappa shape index (κ3) is 4.15. The molecule has 0 aliphatic carbocycles. The molecular formula is C26H24FNO3S. The molecule has 32 heavy (non-hydrogen) atoms. The van der Waals surface area contributed by atoms with Crippen molar-refractivity contribution in [2.75, 3.05) is 4.90 Å². The molecule has 0 saturated carbocycles. The summed E-state index contributed by atoms with van der Waals surface area (Å²) in [6.07, 6.45) is -0.584. The number of carbonyl (C=O) groups excluding carboxylic acids is 2. The van der Waals surface area contributed by atoms with Crippen molar-refractivity contribution < 1.29 is 18.7 Å². The summed E-state index contributed by atoms with van der Waals surface area (Å²) in [6, 6.07) is 23.6. The zero-order valence-electron chi connectivity index (χ0n) is 18.2. The quantitative estimate of drug-likeness (QED) is 0.466. The summed E-state index contributed by atoms with van der Waals surface area (Å²) in [7, 11) is 0. The summed E-state index contributed by atoms with van der Waals surface area (Å²) in [6.45, 7) is 5.14. The van der Waals surface area contributed by atoms with Crippen molar-refractivity contribution in [1.82, 2.24) is 0 Å². The Morgan fingerprint density at radius 2 is 1.59 bits per heavy atom. The van der Waals surface area contributed by atoms with Gasteiger partial charge in [0.25, 0.3) is 5.91 Å². The fourth-order valence-electron chi connectivity index (χ4n) is 3.83. The van der Waals surface area contributed by atoms with Crippen LogP contribution in [0.5, 0.6) is 0 Å². The van der Waals surface area contributed by atoms with Gasteiger partial charge in [-0.25, -0.2) is 14.1 Å². The van der Waals surface area contributed by atoms with Crippen LogP contribution < -0.4 is 4.90 Å². The molecule has 0 N–H and O–H groups in total. The Labute approximate surface area is 191 Å². The van der Waals surface area contributed by atoms with Crippen molar-refractivity contribution in [3.8, 4) is 0 Å². The van der Waals surface area contributed by atoms with E-state index in [9.17, 15) is 9.59 Å². The molecule has 1 aliphatic heterocycles. The second kappa shape index (κ2) is 8.43. The van der Waals surface area contributed by atoms with Gasteiger partial charge in [-0.2, -0.15) is 0 Å². The van der Waals surface area contributed by atoms with E-state index in [2.05, 4.69) is 0 Å². The first-order valence-corrected chi connectivity index (χ1v) is 11.2. The smallest absolute Gasteiger partial charge is 0.421 e. The van der Waals surface area contributed by atoms with Crippen LogP contribution in [0.25, 0.3) is 0 Å². The molecule has 0 aromatic heterocycles. The van der Waals surface area contributed by atoms with Crippen molar-refractivity contribution in [2.45, 2.75) is 42.4 Å². The molecule has 1 heterocycles. The molecule has 4 rings (SSSR count). The maximum Gasteiger partial charge on any atom is 0.421 e. The molecule has 3 aromatic carbocycles. The van der Waals surface area contributed by atoms with E-state index in [4.69, 9.17) is 4.74 Å². The first-order valence-electron chi connectivity index (χ1n) is 10.4. The van der Waals surface area contributed by atoms with E-state index in [-0.39, 0.29) is 5.69 Å². The molecule has 3 aromatic rings. The highest BCUT2D eigenvalue weighted by Gasteiger charge is 2.55. The van der Waals surface area contributed by atoms with Crippen LogP contribution in [0.4, 0.5) is 14.9 Å². The van der Waals surface area contributed by atoms with E-state index >= 15 is 4.39 Å². The monoisotopic (exact) mass is 449 g/mol. The lowest BCUT2D eigenvalue weighted by Gasteiger charge is -2.29. The Kier molecular flexibility index (Phi) is 5.82. The molecule has 0 fully saturated rings. The average Bonchev–Trinajstić information content (AvgIpc) is 2.98. The fourth-order valence-corrected chi connectivity index (χ4v) is 5.21.